The van der Waals surface area contributed by atoms with Gasteiger partial charge in [0.25, 0.3) is 5.56 Å². The number of aromatic nitrogens is 2. The molecule has 0 spiro atoms. The van der Waals surface area contributed by atoms with Crippen LogP contribution >= 0.6 is 0 Å². The summed E-state index contributed by atoms with van der Waals surface area (Å²) in [5.74, 6) is -0.169. The molecule has 1 atom stereocenters. The van der Waals surface area contributed by atoms with Crippen LogP contribution in [0.1, 0.15) is 19.8 Å². The Bertz CT molecular complexity index is 756. The molecule has 6 heteroatoms. The van der Waals surface area contributed by atoms with Crippen LogP contribution in [0.5, 0.6) is 0 Å². The number of carbonyl (C=O) groups is 1. The molecule has 1 unspecified atom stereocenters. The lowest BCUT2D eigenvalue weighted by molar-refractivity contribution is -0.122. The van der Waals surface area contributed by atoms with Gasteiger partial charge < -0.3 is 5.32 Å². The van der Waals surface area contributed by atoms with E-state index in [-0.39, 0.29) is 18.0 Å². The maximum Gasteiger partial charge on any atom is 0.275 e. The highest BCUT2D eigenvalue weighted by molar-refractivity contribution is 5.81. The zero-order valence-corrected chi connectivity index (χ0v) is 13.4. The zero-order chi connectivity index (χ0) is 16.2. The molecule has 1 aromatic heterocycles. The molecule has 0 bridgehead atoms. The number of likely N-dealkylation sites (N-methyl/N-ethyl adjacent to an activating group) is 1. The predicted octanol–water partition coefficient (Wildman–Crippen LogP) is 0.997. The summed E-state index contributed by atoms with van der Waals surface area (Å²) < 4.78 is 1.23. The number of benzene rings is 1. The smallest absolute Gasteiger partial charge is 0.275 e. The van der Waals surface area contributed by atoms with Crippen LogP contribution in [-0.2, 0) is 11.3 Å². The predicted molar refractivity (Wildman–Crippen MR) is 89.3 cm³/mol. The van der Waals surface area contributed by atoms with Crippen LogP contribution in [0.25, 0.3) is 10.8 Å². The standard InChI is InChI=1S/C17H22N4O2/c1-2-20-9-5-7-14(20)11-18-16(22)12-21-17(23)15-8-4-3-6-13(15)10-19-21/h3-4,6,8,10,14H,2,5,7,9,11-12H2,1H3,(H,18,22). The van der Waals surface area contributed by atoms with Crippen molar-refractivity contribution < 1.29 is 4.79 Å². The van der Waals surface area contributed by atoms with Gasteiger partial charge in [0, 0.05) is 18.0 Å². The van der Waals surface area contributed by atoms with Crippen molar-refractivity contribution in [2.24, 2.45) is 0 Å². The van der Waals surface area contributed by atoms with E-state index in [4.69, 9.17) is 0 Å². The van der Waals surface area contributed by atoms with E-state index in [1.807, 2.05) is 18.2 Å². The minimum absolute atomic E-state index is 0.0392. The van der Waals surface area contributed by atoms with Crippen LogP contribution < -0.4 is 10.9 Å². The van der Waals surface area contributed by atoms with Crippen LogP contribution in [0.15, 0.2) is 35.3 Å². The molecule has 1 aromatic carbocycles. The Hall–Kier alpha value is -2.21. The Morgan fingerprint density at radius 1 is 1.39 bits per heavy atom. The molecular formula is C17H22N4O2. The van der Waals surface area contributed by atoms with Crippen LogP contribution in [-0.4, -0.2) is 46.3 Å². The first-order valence-corrected chi connectivity index (χ1v) is 8.14. The van der Waals surface area contributed by atoms with Crippen molar-refractivity contribution in [1.29, 1.82) is 0 Å². The van der Waals surface area contributed by atoms with Crippen molar-refractivity contribution in [2.75, 3.05) is 19.6 Å². The van der Waals surface area contributed by atoms with Gasteiger partial charge in [-0.2, -0.15) is 5.10 Å². The Labute approximate surface area is 135 Å². The highest BCUT2D eigenvalue weighted by Crippen LogP contribution is 2.15. The molecule has 2 heterocycles. The average Bonchev–Trinajstić information content (AvgIpc) is 3.03. The number of nitrogens with zero attached hydrogens (tertiary/aromatic N) is 3. The highest BCUT2D eigenvalue weighted by atomic mass is 16.2. The summed E-state index contributed by atoms with van der Waals surface area (Å²) >= 11 is 0. The van der Waals surface area contributed by atoms with Gasteiger partial charge in [0.2, 0.25) is 5.91 Å². The minimum Gasteiger partial charge on any atom is -0.353 e. The lowest BCUT2D eigenvalue weighted by atomic mass is 10.2. The molecule has 0 radical (unpaired) electrons. The molecule has 2 aromatic rings. The summed E-state index contributed by atoms with van der Waals surface area (Å²) in [6, 6.07) is 7.68. The summed E-state index contributed by atoms with van der Waals surface area (Å²) in [6.07, 6.45) is 3.92. The fourth-order valence-electron chi connectivity index (χ4n) is 3.21. The highest BCUT2D eigenvalue weighted by Gasteiger charge is 2.23. The molecule has 1 aliphatic heterocycles. The number of rotatable bonds is 5. The van der Waals surface area contributed by atoms with Crippen LogP contribution in [0.3, 0.4) is 0 Å². The van der Waals surface area contributed by atoms with Gasteiger partial charge in [-0.15, -0.1) is 0 Å². The summed E-state index contributed by atoms with van der Waals surface area (Å²) in [7, 11) is 0. The molecule has 6 nitrogen and oxygen atoms in total. The maximum absolute atomic E-state index is 12.3. The molecule has 1 amide bonds. The summed E-state index contributed by atoms with van der Waals surface area (Å²) in [5, 5.41) is 8.40. The Kier molecular flexibility index (Phi) is 4.71. The van der Waals surface area contributed by atoms with E-state index in [1.54, 1.807) is 12.3 Å². The average molecular weight is 314 g/mol. The molecule has 0 saturated carbocycles. The van der Waals surface area contributed by atoms with Crippen LogP contribution in [0.4, 0.5) is 0 Å². The molecule has 1 aliphatic rings. The monoisotopic (exact) mass is 314 g/mol. The maximum atomic E-state index is 12.3. The summed E-state index contributed by atoms with van der Waals surface area (Å²) in [5.41, 5.74) is -0.227. The van der Waals surface area contributed by atoms with E-state index < -0.39 is 0 Å². The normalized spacial score (nSPS) is 18.4. The van der Waals surface area contributed by atoms with Crippen LogP contribution in [0, 0.1) is 0 Å². The lowest BCUT2D eigenvalue weighted by Crippen LogP contribution is -2.42. The zero-order valence-electron chi connectivity index (χ0n) is 13.4. The minimum atomic E-state index is -0.227. The summed E-state index contributed by atoms with van der Waals surface area (Å²) in [4.78, 5) is 26.8. The molecule has 0 aliphatic carbocycles. The second-order valence-electron chi connectivity index (χ2n) is 5.92. The summed E-state index contributed by atoms with van der Waals surface area (Å²) in [6.45, 7) is 4.84. The number of amides is 1. The molecule has 1 saturated heterocycles. The first kappa shape index (κ1) is 15.7. The van der Waals surface area contributed by atoms with Gasteiger partial charge in [0.1, 0.15) is 6.54 Å². The van der Waals surface area contributed by atoms with Crippen molar-refractivity contribution >= 4 is 16.7 Å². The van der Waals surface area contributed by atoms with Crippen molar-refractivity contribution in [1.82, 2.24) is 20.0 Å². The quantitative estimate of drug-likeness (QED) is 0.894. The molecule has 23 heavy (non-hydrogen) atoms. The largest absolute Gasteiger partial charge is 0.353 e. The number of likely N-dealkylation sites (tertiary alicyclic amines) is 1. The topological polar surface area (TPSA) is 67.2 Å². The third-order valence-electron chi connectivity index (χ3n) is 4.50. The molecule has 122 valence electrons. The number of fused-ring (bicyclic) bond motifs is 1. The third-order valence-corrected chi connectivity index (χ3v) is 4.50. The molecule has 3 rings (SSSR count). The Balaban J connectivity index is 1.64. The first-order valence-electron chi connectivity index (χ1n) is 8.14. The number of hydrogen-bond acceptors (Lipinski definition) is 4. The number of hydrogen-bond donors (Lipinski definition) is 1. The van der Waals surface area contributed by atoms with Gasteiger partial charge >= 0.3 is 0 Å². The van der Waals surface area contributed by atoms with E-state index in [0.717, 1.165) is 24.9 Å². The van der Waals surface area contributed by atoms with E-state index in [2.05, 4.69) is 22.2 Å². The van der Waals surface area contributed by atoms with Gasteiger partial charge in [-0.3, -0.25) is 14.5 Å². The SMILES string of the molecule is CCN1CCCC1CNC(=O)Cn1ncc2ccccc2c1=O. The van der Waals surface area contributed by atoms with Crippen LogP contribution in [0.2, 0.25) is 0 Å². The Morgan fingerprint density at radius 3 is 3.04 bits per heavy atom. The van der Waals surface area contributed by atoms with E-state index in [1.165, 1.54) is 11.1 Å². The second-order valence-corrected chi connectivity index (χ2v) is 5.92. The number of carbonyl (C=O) groups excluding carboxylic acids is 1. The van der Waals surface area contributed by atoms with Crippen molar-refractivity contribution in [3.63, 3.8) is 0 Å². The first-order chi connectivity index (χ1) is 11.2. The van der Waals surface area contributed by atoms with E-state index in [9.17, 15) is 9.59 Å². The van der Waals surface area contributed by atoms with Crippen molar-refractivity contribution in [3.05, 3.63) is 40.8 Å². The third kappa shape index (κ3) is 3.42. The lowest BCUT2D eigenvalue weighted by Gasteiger charge is -2.22. The fraction of sp³-hybridized carbons (Fsp3) is 0.471. The molecular weight excluding hydrogens is 292 g/mol. The number of nitrogens with one attached hydrogen (secondary N) is 1. The van der Waals surface area contributed by atoms with Crippen molar-refractivity contribution in [2.45, 2.75) is 32.4 Å². The van der Waals surface area contributed by atoms with Gasteiger partial charge in [-0.05, 0) is 32.0 Å². The van der Waals surface area contributed by atoms with Gasteiger partial charge in [-0.1, -0.05) is 25.1 Å². The molecule has 1 fully saturated rings. The van der Waals surface area contributed by atoms with Gasteiger partial charge in [-0.25, -0.2) is 4.68 Å². The van der Waals surface area contributed by atoms with Gasteiger partial charge in [0.05, 0.1) is 11.6 Å². The van der Waals surface area contributed by atoms with E-state index >= 15 is 0 Å². The Morgan fingerprint density at radius 2 is 2.22 bits per heavy atom. The fourth-order valence-corrected chi connectivity index (χ4v) is 3.21. The van der Waals surface area contributed by atoms with E-state index in [0.29, 0.717) is 18.0 Å². The second kappa shape index (κ2) is 6.91. The molecule has 1 N–H and O–H groups in total. The van der Waals surface area contributed by atoms with Crippen molar-refractivity contribution in [3.8, 4) is 0 Å². The van der Waals surface area contributed by atoms with Gasteiger partial charge in [0.15, 0.2) is 0 Å².